The fraction of sp³-hybridized carbons (Fsp3) is 0.0556. The topological polar surface area (TPSA) is 64.7 Å². The summed E-state index contributed by atoms with van der Waals surface area (Å²) < 4.78 is 3.40. The Hall–Kier alpha value is -3.41. The first-order chi connectivity index (χ1) is 11.8. The van der Waals surface area contributed by atoms with E-state index >= 15 is 0 Å². The molecule has 6 heteroatoms. The third-order valence-electron chi connectivity index (χ3n) is 3.72. The number of amides is 1. The molecule has 0 unspecified atom stereocenters. The first-order valence-electron chi connectivity index (χ1n) is 7.60. The van der Waals surface area contributed by atoms with Crippen LogP contribution in [0.2, 0.25) is 0 Å². The minimum absolute atomic E-state index is 0.120. The van der Waals surface area contributed by atoms with Crippen molar-refractivity contribution in [1.29, 1.82) is 0 Å². The van der Waals surface area contributed by atoms with Crippen LogP contribution in [0.25, 0.3) is 16.7 Å². The summed E-state index contributed by atoms with van der Waals surface area (Å²) in [5, 5.41) is 4.30. The maximum absolute atomic E-state index is 12.3. The van der Waals surface area contributed by atoms with E-state index in [1.54, 1.807) is 21.9 Å². The molecule has 2 heterocycles. The van der Waals surface area contributed by atoms with E-state index in [0.717, 1.165) is 22.3 Å². The third-order valence-corrected chi connectivity index (χ3v) is 3.72. The number of fused-ring (bicyclic) bond motifs is 1. The van der Waals surface area contributed by atoms with Gasteiger partial charge < -0.3 is 0 Å². The molecule has 0 saturated carbocycles. The van der Waals surface area contributed by atoms with Crippen LogP contribution in [0.4, 0.5) is 0 Å². The first-order valence-corrected chi connectivity index (χ1v) is 7.60. The molecule has 4 aromatic rings. The van der Waals surface area contributed by atoms with Gasteiger partial charge >= 0.3 is 0 Å². The molecule has 1 amide bonds. The molecule has 0 radical (unpaired) electrons. The molecule has 0 spiro atoms. The number of aromatic nitrogens is 4. The number of hydrogen-bond donors (Lipinski definition) is 1. The normalized spacial score (nSPS) is 10.8. The number of hydrogen-bond acceptors (Lipinski definition) is 3. The van der Waals surface area contributed by atoms with Crippen LogP contribution in [-0.4, -0.2) is 25.3 Å². The van der Waals surface area contributed by atoms with E-state index < -0.39 is 0 Å². The van der Waals surface area contributed by atoms with Crippen molar-refractivity contribution in [2.75, 3.05) is 5.43 Å². The second kappa shape index (κ2) is 6.00. The number of carbonyl (C=O) groups is 1. The molecule has 0 bridgehead atoms. The highest BCUT2D eigenvalue weighted by molar-refractivity contribution is 5.87. The minimum Gasteiger partial charge on any atom is -0.273 e. The molecule has 2 aromatic carbocycles. The largest absolute Gasteiger partial charge is 0.273 e. The number of nitrogens with one attached hydrogen (secondary N) is 1. The lowest BCUT2D eigenvalue weighted by Crippen LogP contribution is -2.23. The standard InChI is InChI=1S/C18H15N5O/c24-18(21-23-13-19-16-8-4-5-9-17(16)23)10-14-11-20-22(12-14)15-6-2-1-3-7-15/h1-9,11-13H,10H2,(H,21,24). The van der Waals surface area contributed by atoms with Gasteiger partial charge in [0.2, 0.25) is 5.91 Å². The lowest BCUT2D eigenvalue weighted by atomic mass is 10.2. The van der Waals surface area contributed by atoms with Crippen LogP contribution in [0.15, 0.2) is 73.3 Å². The molecule has 0 aliphatic carbocycles. The number of rotatable bonds is 4. The Morgan fingerprint density at radius 2 is 1.83 bits per heavy atom. The first kappa shape index (κ1) is 14.2. The Kier molecular flexibility index (Phi) is 3.55. The van der Waals surface area contributed by atoms with Crippen LogP contribution < -0.4 is 5.43 Å². The van der Waals surface area contributed by atoms with E-state index in [2.05, 4.69) is 15.5 Å². The molecule has 2 aromatic heterocycles. The van der Waals surface area contributed by atoms with Gasteiger partial charge in [-0.1, -0.05) is 30.3 Å². The van der Waals surface area contributed by atoms with Gasteiger partial charge in [-0.05, 0) is 29.8 Å². The van der Waals surface area contributed by atoms with Gasteiger partial charge in [-0.15, -0.1) is 0 Å². The predicted molar refractivity (Wildman–Crippen MR) is 91.4 cm³/mol. The summed E-state index contributed by atoms with van der Waals surface area (Å²) in [6, 6.07) is 17.4. The Morgan fingerprint density at radius 3 is 2.71 bits per heavy atom. The zero-order valence-corrected chi connectivity index (χ0v) is 12.8. The smallest absolute Gasteiger partial charge is 0.243 e. The van der Waals surface area contributed by atoms with Gasteiger partial charge in [0, 0.05) is 6.20 Å². The van der Waals surface area contributed by atoms with Crippen LogP contribution in [0.1, 0.15) is 5.56 Å². The summed E-state index contributed by atoms with van der Waals surface area (Å²) in [6.07, 6.45) is 5.43. The SMILES string of the molecule is O=C(Cc1cnn(-c2ccccc2)c1)Nn1cnc2ccccc21. The van der Waals surface area contributed by atoms with Gasteiger partial charge in [0.05, 0.1) is 29.3 Å². The summed E-state index contributed by atoms with van der Waals surface area (Å²) in [6.45, 7) is 0. The van der Waals surface area contributed by atoms with Gasteiger partial charge in [-0.25, -0.2) is 14.3 Å². The molecular weight excluding hydrogens is 302 g/mol. The van der Waals surface area contributed by atoms with Crippen LogP contribution in [-0.2, 0) is 11.2 Å². The van der Waals surface area contributed by atoms with E-state index in [1.165, 1.54) is 0 Å². The second-order valence-corrected chi connectivity index (χ2v) is 5.44. The molecule has 6 nitrogen and oxygen atoms in total. The van der Waals surface area contributed by atoms with Crippen molar-refractivity contribution in [2.45, 2.75) is 6.42 Å². The van der Waals surface area contributed by atoms with E-state index in [-0.39, 0.29) is 12.3 Å². The van der Waals surface area contributed by atoms with E-state index in [0.29, 0.717) is 0 Å². The maximum Gasteiger partial charge on any atom is 0.243 e. The number of imidazole rings is 1. The van der Waals surface area contributed by atoms with Crippen LogP contribution in [0, 0.1) is 0 Å². The zero-order chi connectivity index (χ0) is 16.4. The maximum atomic E-state index is 12.3. The zero-order valence-electron chi connectivity index (χ0n) is 12.8. The van der Waals surface area contributed by atoms with E-state index in [1.807, 2.05) is 60.8 Å². The molecule has 1 N–H and O–H groups in total. The minimum atomic E-state index is -0.120. The molecule has 0 fully saturated rings. The molecular formula is C18H15N5O. The average molecular weight is 317 g/mol. The van der Waals surface area contributed by atoms with Crippen molar-refractivity contribution < 1.29 is 4.79 Å². The van der Waals surface area contributed by atoms with Gasteiger partial charge in [-0.2, -0.15) is 5.10 Å². The van der Waals surface area contributed by atoms with Gasteiger partial charge in [-0.3, -0.25) is 10.2 Å². The highest BCUT2D eigenvalue weighted by atomic mass is 16.2. The van der Waals surface area contributed by atoms with Crippen molar-refractivity contribution in [3.05, 3.63) is 78.9 Å². The predicted octanol–water partition coefficient (Wildman–Crippen LogP) is 2.53. The fourth-order valence-corrected chi connectivity index (χ4v) is 2.58. The second-order valence-electron chi connectivity index (χ2n) is 5.44. The Bertz CT molecular complexity index is 987. The molecule has 118 valence electrons. The lowest BCUT2D eigenvalue weighted by molar-refractivity contribution is -0.116. The number of benzene rings is 2. The molecule has 24 heavy (non-hydrogen) atoms. The summed E-state index contributed by atoms with van der Waals surface area (Å²) >= 11 is 0. The lowest BCUT2D eigenvalue weighted by Gasteiger charge is -2.06. The summed E-state index contributed by atoms with van der Waals surface area (Å²) in [5.41, 5.74) is 6.36. The molecule has 0 aliphatic heterocycles. The van der Waals surface area contributed by atoms with Crippen molar-refractivity contribution in [1.82, 2.24) is 19.4 Å². The highest BCUT2D eigenvalue weighted by Gasteiger charge is 2.09. The molecule has 0 aliphatic rings. The molecule has 0 atom stereocenters. The van der Waals surface area contributed by atoms with Gasteiger partial charge in [0.15, 0.2) is 0 Å². The highest BCUT2D eigenvalue weighted by Crippen LogP contribution is 2.11. The van der Waals surface area contributed by atoms with Crippen molar-refractivity contribution >= 4 is 16.9 Å². The monoisotopic (exact) mass is 317 g/mol. The molecule has 0 saturated heterocycles. The van der Waals surface area contributed by atoms with Crippen LogP contribution in [0.5, 0.6) is 0 Å². The fourth-order valence-electron chi connectivity index (χ4n) is 2.58. The summed E-state index contributed by atoms with van der Waals surface area (Å²) in [4.78, 5) is 16.5. The van der Waals surface area contributed by atoms with E-state index in [9.17, 15) is 4.79 Å². The van der Waals surface area contributed by atoms with Gasteiger partial charge in [0.1, 0.15) is 6.33 Å². The van der Waals surface area contributed by atoms with Crippen molar-refractivity contribution in [2.24, 2.45) is 0 Å². The Balaban J connectivity index is 1.48. The van der Waals surface area contributed by atoms with Crippen molar-refractivity contribution in [3.63, 3.8) is 0 Å². The Labute approximate surface area is 138 Å². The van der Waals surface area contributed by atoms with Crippen molar-refractivity contribution in [3.8, 4) is 5.69 Å². The molecule has 4 rings (SSSR count). The van der Waals surface area contributed by atoms with Crippen LogP contribution in [0.3, 0.4) is 0 Å². The number of carbonyl (C=O) groups excluding carboxylic acids is 1. The van der Waals surface area contributed by atoms with Gasteiger partial charge in [0.25, 0.3) is 0 Å². The quantitative estimate of drug-likeness (QED) is 0.629. The summed E-state index contributed by atoms with van der Waals surface area (Å²) in [5.74, 6) is -0.120. The van der Waals surface area contributed by atoms with Crippen LogP contribution >= 0.6 is 0 Å². The Morgan fingerprint density at radius 1 is 1.04 bits per heavy atom. The third kappa shape index (κ3) is 2.77. The number of para-hydroxylation sites is 3. The van der Waals surface area contributed by atoms with E-state index in [4.69, 9.17) is 0 Å². The summed E-state index contributed by atoms with van der Waals surface area (Å²) in [7, 11) is 0. The number of nitrogens with zero attached hydrogens (tertiary/aromatic N) is 4. The average Bonchev–Trinajstić information content (AvgIpc) is 3.23.